The molecule has 0 atom stereocenters. The van der Waals surface area contributed by atoms with Crippen LogP contribution in [0.4, 0.5) is 0 Å². The van der Waals surface area contributed by atoms with Gasteiger partial charge in [0.2, 0.25) is 0 Å². The Morgan fingerprint density at radius 1 is 0.917 bits per heavy atom. The summed E-state index contributed by atoms with van der Waals surface area (Å²) in [5.41, 5.74) is 2.49. The van der Waals surface area contributed by atoms with Crippen LogP contribution in [0, 0.1) is 6.92 Å². The van der Waals surface area contributed by atoms with Crippen LogP contribution in [0.1, 0.15) is 76.0 Å². The molecule has 2 rings (SSSR count). The van der Waals surface area contributed by atoms with Crippen molar-refractivity contribution in [2.75, 3.05) is 0 Å². The van der Waals surface area contributed by atoms with Gasteiger partial charge in [-0.25, -0.2) is 4.98 Å². The second-order valence-corrected chi connectivity index (χ2v) is 6.69. The van der Waals surface area contributed by atoms with Gasteiger partial charge in [-0.1, -0.05) is 82.2 Å². The van der Waals surface area contributed by atoms with Crippen molar-refractivity contribution in [1.82, 2.24) is 4.98 Å². The fourth-order valence-electron chi connectivity index (χ4n) is 3.03. The van der Waals surface area contributed by atoms with Crippen molar-refractivity contribution in [1.29, 1.82) is 0 Å². The van der Waals surface area contributed by atoms with Crippen LogP contribution in [0.2, 0.25) is 0 Å². The molecule has 0 bridgehead atoms. The van der Waals surface area contributed by atoms with Gasteiger partial charge in [-0.3, -0.25) is 0 Å². The van der Waals surface area contributed by atoms with Crippen LogP contribution in [0.3, 0.4) is 0 Å². The molecule has 1 aromatic carbocycles. The summed E-state index contributed by atoms with van der Waals surface area (Å²) in [6.45, 7) is 4.21. The van der Waals surface area contributed by atoms with Crippen molar-refractivity contribution in [3.63, 3.8) is 0 Å². The predicted octanol–water partition coefficient (Wildman–Crippen LogP) is 6.79. The Kier molecular flexibility index (Phi) is 7.81. The van der Waals surface area contributed by atoms with Gasteiger partial charge in [-0.15, -0.1) is 0 Å². The number of nitrogens with zero attached hydrogens (tertiary/aromatic N) is 1. The first kappa shape index (κ1) is 18.5. The Labute approximate surface area is 146 Å². The van der Waals surface area contributed by atoms with E-state index < -0.39 is 0 Å². The number of hydrogen-bond acceptors (Lipinski definition) is 2. The first-order valence-electron chi connectivity index (χ1n) is 9.48. The highest BCUT2D eigenvalue weighted by molar-refractivity contribution is 5.88. The quantitative estimate of drug-likeness (QED) is 0.488. The lowest BCUT2D eigenvalue weighted by molar-refractivity contribution is 0.479. The zero-order valence-corrected chi connectivity index (χ0v) is 15.2. The van der Waals surface area contributed by atoms with Gasteiger partial charge in [0, 0.05) is 16.6 Å². The number of hydrogen-bond donors (Lipinski definition) is 1. The van der Waals surface area contributed by atoms with Gasteiger partial charge in [0.15, 0.2) is 0 Å². The predicted molar refractivity (Wildman–Crippen MR) is 104 cm³/mol. The van der Waals surface area contributed by atoms with Gasteiger partial charge in [-0.05, 0) is 25.8 Å². The fraction of sp³-hybridized carbons (Fsp3) is 0.500. The maximum Gasteiger partial charge on any atom is 0.149 e. The lowest BCUT2D eigenvalue weighted by atomic mass is 10.1. The van der Waals surface area contributed by atoms with Crippen LogP contribution in [0.25, 0.3) is 17.0 Å². The number of fused-ring (bicyclic) bond motifs is 1. The number of benzene rings is 1. The summed E-state index contributed by atoms with van der Waals surface area (Å²) in [5, 5.41) is 11.4. The first-order valence-corrected chi connectivity index (χ1v) is 9.48. The number of allylic oxidation sites excluding steroid dienone is 1. The van der Waals surface area contributed by atoms with Crippen molar-refractivity contribution < 1.29 is 5.11 Å². The number of aryl methyl sites for hydroxylation is 1. The molecule has 0 aliphatic heterocycles. The summed E-state index contributed by atoms with van der Waals surface area (Å²) < 4.78 is 0. The van der Waals surface area contributed by atoms with Crippen LogP contribution >= 0.6 is 0 Å². The molecule has 0 amide bonds. The van der Waals surface area contributed by atoms with Gasteiger partial charge in [0.05, 0.1) is 0 Å². The fourth-order valence-corrected chi connectivity index (χ4v) is 3.03. The van der Waals surface area contributed by atoms with Crippen molar-refractivity contribution in [2.24, 2.45) is 0 Å². The number of aromatic nitrogens is 1. The first-order chi connectivity index (χ1) is 11.7. The van der Waals surface area contributed by atoms with Crippen LogP contribution in [-0.2, 0) is 0 Å². The van der Waals surface area contributed by atoms with E-state index in [0.717, 1.165) is 23.1 Å². The van der Waals surface area contributed by atoms with E-state index in [2.05, 4.69) is 18.0 Å². The monoisotopic (exact) mass is 325 g/mol. The van der Waals surface area contributed by atoms with E-state index in [9.17, 15) is 5.11 Å². The third kappa shape index (κ3) is 5.67. The highest BCUT2D eigenvalue weighted by atomic mass is 16.3. The maximum absolute atomic E-state index is 10.4. The second kappa shape index (κ2) is 10.1. The lowest BCUT2D eigenvalue weighted by Gasteiger charge is -2.05. The highest BCUT2D eigenvalue weighted by Crippen LogP contribution is 2.28. The maximum atomic E-state index is 10.4. The topological polar surface area (TPSA) is 33.1 Å². The molecule has 0 aliphatic carbocycles. The summed E-state index contributed by atoms with van der Waals surface area (Å²) in [6, 6.07) is 7.97. The zero-order chi connectivity index (χ0) is 17.2. The van der Waals surface area contributed by atoms with Crippen molar-refractivity contribution in [2.45, 2.75) is 71.6 Å². The van der Waals surface area contributed by atoms with E-state index in [1.807, 2.05) is 37.3 Å². The summed E-state index contributed by atoms with van der Waals surface area (Å²) >= 11 is 0. The smallest absolute Gasteiger partial charge is 0.149 e. The number of unbranched alkanes of at least 4 members (excludes halogenated alkanes) is 8. The van der Waals surface area contributed by atoms with Crippen LogP contribution in [0.5, 0.6) is 5.75 Å². The molecule has 1 N–H and O–H groups in total. The molecular formula is C22H31NO. The van der Waals surface area contributed by atoms with Crippen LogP contribution in [0.15, 0.2) is 30.3 Å². The molecule has 130 valence electrons. The Balaban J connectivity index is 1.76. The van der Waals surface area contributed by atoms with E-state index >= 15 is 0 Å². The summed E-state index contributed by atoms with van der Waals surface area (Å²) in [6.07, 6.45) is 16.0. The number of phenolic OH excluding ortho intramolecular Hbond substituents is 1. The summed E-state index contributed by atoms with van der Waals surface area (Å²) in [7, 11) is 0. The molecule has 0 aliphatic rings. The Morgan fingerprint density at radius 2 is 1.58 bits per heavy atom. The average Bonchev–Trinajstić information content (AvgIpc) is 2.59. The van der Waals surface area contributed by atoms with Crippen LogP contribution < -0.4 is 0 Å². The Bertz CT molecular complexity index is 660. The number of pyridine rings is 1. The highest BCUT2D eigenvalue weighted by Gasteiger charge is 2.05. The molecule has 2 nitrogen and oxygen atoms in total. The number of aromatic hydroxyl groups is 1. The molecule has 2 heteroatoms. The van der Waals surface area contributed by atoms with Gasteiger partial charge < -0.3 is 5.11 Å². The average molecular weight is 325 g/mol. The Hall–Kier alpha value is -1.83. The van der Waals surface area contributed by atoms with E-state index in [1.165, 1.54) is 51.4 Å². The number of phenols is 1. The molecule has 2 aromatic rings. The van der Waals surface area contributed by atoms with E-state index in [0.29, 0.717) is 11.3 Å². The van der Waals surface area contributed by atoms with E-state index in [1.54, 1.807) is 0 Å². The van der Waals surface area contributed by atoms with Gasteiger partial charge >= 0.3 is 0 Å². The normalized spacial score (nSPS) is 11.6. The molecule has 0 saturated carbocycles. The van der Waals surface area contributed by atoms with Crippen molar-refractivity contribution >= 4 is 17.0 Å². The third-order valence-corrected chi connectivity index (χ3v) is 4.53. The Morgan fingerprint density at radius 3 is 2.33 bits per heavy atom. The SMILES string of the molecule is CCCCCCCCCC/C=C/c1ccc2ccc(C)nc2c1O. The zero-order valence-electron chi connectivity index (χ0n) is 15.2. The molecule has 0 saturated heterocycles. The third-order valence-electron chi connectivity index (χ3n) is 4.53. The second-order valence-electron chi connectivity index (χ2n) is 6.69. The number of rotatable bonds is 10. The minimum absolute atomic E-state index is 0.295. The molecular weight excluding hydrogens is 294 g/mol. The van der Waals surface area contributed by atoms with E-state index in [4.69, 9.17) is 0 Å². The molecule has 0 spiro atoms. The molecule has 0 unspecified atom stereocenters. The summed E-state index contributed by atoms with van der Waals surface area (Å²) in [5.74, 6) is 0.295. The van der Waals surface area contributed by atoms with Gasteiger partial charge in [-0.2, -0.15) is 0 Å². The molecule has 1 aromatic heterocycles. The van der Waals surface area contributed by atoms with Crippen molar-refractivity contribution in [3.05, 3.63) is 41.6 Å². The summed E-state index contributed by atoms with van der Waals surface area (Å²) in [4.78, 5) is 4.45. The van der Waals surface area contributed by atoms with Gasteiger partial charge in [0.25, 0.3) is 0 Å². The molecule has 0 radical (unpaired) electrons. The van der Waals surface area contributed by atoms with Crippen molar-refractivity contribution in [3.8, 4) is 5.75 Å². The lowest BCUT2D eigenvalue weighted by Crippen LogP contribution is -1.86. The van der Waals surface area contributed by atoms with E-state index in [-0.39, 0.29) is 0 Å². The van der Waals surface area contributed by atoms with Gasteiger partial charge in [0.1, 0.15) is 11.3 Å². The standard InChI is InChI=1S/C22H31NO/c1-3-4-5-6-7-8-9-10-11-12-13-20-17-16-19-15-14-18(2)23-21(19)22(20)24/h12-17,24H,3-11H2,1-2H3/b13-12+. The largest absolute Gasteiger partial charge is 0.505 e. The minimum atomic E-state index is 0.295. The molecule has 1 heterocycles. The van der Waals surface area contributed by atoms with Crippen LogP contribution in [-0.4, -0.2) is 10.1 Å². The molecule has 24 heavy (non-hydrogen) atoms. The molecule has 0 fully saturated rings. The minimum Gasteiger partial charge on any atom is -0.505 e.